The minimum atomic E-state index is -0.380. The van der Waals surface area contributed by atoms with E-state index in [1.807, 2.05) is 19.1 Å². The Balaban J connectivity index is 2.22. The van der Waals surface area contributed by atoms with Crippen LogP contribution in [0.25, 0.3) is 0 Å². The van der Waals surface area contributed by atoms with Crippen LogP contribution in [0, 0.1) is 0 Å². The van der Waals surface area contributed by atoms with E-state index >= 15 is 0 Å². The number of aliphatic hydroxyl groups is 1. The van der Waals surface area contributed by atoms with Crippen molar-refractivity contribution < 1.29 is 14.6 Å². The van der Waals surface area contributed by atoms with Gasteiger partial charge in [-0.3, -0.25) is 0 Å². The zero-order chi connectivity index (χ0) is 9.90. The molecule has 1 heterocycles. The predicted octanol–water partition coefficient (Wildman–Crippen LogP) is 1.47. The Morgan fingerprint density at radius 1 is 1.62 bits per heavy atom. The predicted molar refractivity (Wildman–Crippen MR) is 50.3 cm³/mol. The molecule has 0 bridgehead atoms. The minimum Gasteiger partial charge on any atom is -0.393 e. The third-order valence-corrected chi connectivity index (χ3v) is 2.33. The van der Waals surface area contributed by atoms with E-state index in [1.165, 1.54) is 0 Å². The number of hydrogen-bond donors (Lipinski definition) is 1. The van der Waals surface area contributed by atoms with Crippen molar-refractivity contribution in [2.24, 2.45) is 0 Å². The highest BCUT2D eigenvalue weighted by Crippen LogP contribution is 2.40. The fourth-order valence-electron chi connectivity index (χ4n) is 1.32. The SMILES string of the molecule is COC1(C/C=C\CC(C)O)OC1C. The summed E-state index contributed by atoms with van der Waals surface area (Å²) in [5.41, 5.74) is 0. The maximum absolute atomic E-state index is 8.99. The van der Waals surface area contributed by atoms with Gasteiger partial charge in [0.05, 0.1) is 6.10 Å². The van der Waals surface area contributed by atoms with Gasteiger partial charge in [0.1, 0.15) is 6.10 Å². The summed E-state index contributed by atoms with van der Waals surface area (Å²) in [4.78, 5) is 0. The van der Waals surface area contributed by atoms with Crippen LogP contribution in [-0.4, -0.2) is 30.2 Å². The number of methoxy groups -OCH3 is 1. The summed E-state index contributed by atoms with van der Waals surface area (Å²) < 4.78 is 10.6. The van der Waals surface area contributed by atoms with E-state index in [9.17, 15) is 0 Å². The molecule has 1 aliphatic rings. The molecular weight excluding hydrogens is 168 g/mol. The number of aliphatic hydroxyl groups excluding tert-OH is 1. The second-order valence-corrected chi connectivity index (χ2v) is 3.54. The van der Waals surface area contributed by atoms with Gasteiger partial charge in [-0.1, -0.05) is 12.2 Å². The first kappa shape index (κ1) is 10.7. The first-order valence-electron chi connectivity index (χ1n) is 4.67. The van der Waals surface area contributed by atoms with Gasteiger partial charge >= 0.3 is 0 Å². The number of ether oxygens (including phenoxy) is 2. The van der Waals surface area contributed by atoms with Crippen LogP contribution in [0.5, 0.6) is 0 Å². The van der Waals surface area contributed by atoms with Crippen molar-refractivity contribution in [3.8, 4) is 0 Å². The highest BCUT2D eigenvalue weighted by Gasteiger charge is 2.53. The van der Waals surface area contributed by atoms with Gasteiger partial charge in [0, 0.05) is 13.5 Å². The van der Waals surface area contributed by atoms with E-state index in [1.54, 1.807) is 14.0 Å². The van der Waals surface area contributed by atoms with Gasteiger partial charge in [-0.2, -0.15) is 0 Å². The Bertz CT molecular complexity index is 185. The third kappa shape index (κ3) is 2.79. The lowest BCUT2D eigenvalue weighted by atomic mass is 10.1. The number of epoxide rings is 1. The van der Waals surface area contributed by atoms with Gasteiger partial charge < -0.3 is 14.6 Å². The van der Waals surface area contributed by atoms with E-state index in [-0.39, 0.29) is 18.0 Å². The Kier molecular flexibility index (Phi) is 3.47. The Morgan fingerprint density at radius 3 is 2.62 bits per heavy atom. The van der Waals surface area contributed by atoms with E-state index in [4.69, 9.17) is 14.6 Å². The largest absolute Gasteiger partial charge is 0.393 e. The molecule has 3 nitrogen and oxygen atoms in total. The zero-order valence-electron chi connectivity index (χ0n) is 8.49. The molecule has 0 aromatic rings. The van der Waals surface area contributed by atoms with Gasteiger partial charge in [-0.15, -0.1) is 0 Å². The van der Waals surface area contributed by atoms with Crippen molar-refractivity contribution in [2.75, 3.05) is 7.11 Å². The zero-order valence-corrected chi connectivity index (χ0v) is 8.49. The van der Waals surface area contributed by atoms with Crippen molar-refractivity contribution in [2.45, 2.75) is 44.7 Å². The van der Waals surface area contributed by atoms with E-state index in [0.717, 1.165) is 6.42 Å². The maximum Gasteiger partial charge on any atom is 0.198 e. The molecule has 0 amide bonds. The molecule has 1 N–H and O–H groups in total. The molecule has 1 saturated heterocycles. The molecule has 0 radical (unpaired) electrons. The molecular formula is C10H18O3. The van der Waals surface area contributed by atoms with Crippen molar-refractivity contribution >= 4 is 0 Å². The van der Waals surface area contributed by atoms with Gasteiger partial charge in [-0.25, -0.2) is 0 Å². The molecule has 76 valence electrons. The van der Waals surface area contributed by atoms with Gasteiger partial charge in [-0.05, 0) is 20.3 Å². The summed E-state index contributed by atoms with van der Waals surface area (Å²) in [6.07, 6.45) is 5.33. The smallest absolute Gasteiger partial charge is 0.198 e. The molecule has 3 heteroatoms. The van der Waals surface area contributed by atoms with Crippen molar-refractivity contribution in [3.05, 3.63) is 12.2 Å². The minimum absolute atomic E-state index is 0.189. The summed E-state index contributed by atoms with van der Waals surface area (Å²) in [5.74, 6) is -0.380. The fraction of sp³-hybridized carbons (Fsp3) is 0.800. The molecule has 13 heavy (non-hydrogen) atoms. The molecule has 1 rings (SSSR count). The van der Waals surface area contributed by atoms with Crippen molar-refractivity contribution in [1.29, 1.82) is 0 Å². The number of hydrogen-bond acceptors (Lipinski definition) is 3. The van der Waals surface area contributed by atoms with Crippen LogP contribution in [0.1, 0.15) is 26.7 Å². The molecule has 0 spiro atoms. The summed E-state index contributed by atoms with van der Waals surface area (Å²) in [5, 5.41) is 8.99. The molecule has 1 fully saturated rings. The van der Waals surface area contributed by atoms with Crippen molar-refractivity contribution in [1.82, 2.24) is 0 Å². The number of rotatable bonds is 5. The Labute approximate surface area is 79.3 Å². The molecule has 1 aliphatic heterocycles. The molecule has 0 saturated carbocycles. The van der Waals surface area contributed by atoms with Gasteiger partial charge in [0.2, 0.25) is 0 Å². The van der Waals surface area contributed by atoms with Crippen LogP contribution in [-0.2, 0) is 9.47 Å². The standard InChI is InChI=1S/C10H18O3/c1-8(11)6-4-5-7-10(12-3)9(2)13-10/h4-5,8-9,11H,6-7H2,1-3H3/b5-4-. The lowest BCUT2D eigenvalue weighted by Crippen LogP contribution is -2.15. The second kappa shape index (κ2) is 4.22. The van der Waals surface area contributed by atoms with Crippen LogP contribution in [0.3, 0.4) is 0 Å². The summed E-state index contributed by atoms with van der Waals surface area (Å²) in [7, 11) is 1.66. The second-order valence-electron chi connectivity index (χ2n) is 3.54. The molecule has 0 aliphatic carbocycles. The van der Waals surface area contributed by atoms with Crippen LogP contribution < -0.4 is 0 Å². The average Bonchev–Trinajstić information content (AvgIpc) is 2.72. The first-order valence-corrected chi connectivity index (χ1v) is 4.67. The van der Waals surface area contributed by atoms with Crippen molar-refractivity contribution in [3.63, 3.8) is 0 Å². The van der Waals surface area contributed by atoms with E-state index in [0.29, 0.717) is 6.42 Å². The molecule has 3 unspecified atom stereocenters. The normalized spacial score (nSPS) is 35.2. The van der Waals surface area contributed by atoms with Crippen LogP contribution in [0.2, 0.25) is 0 Å². The topological polar surface area (TPSA) is 42.0 Å². The van der Waals surface area contributed by atoms with Gasteiger partial charge in [0.15, 0.2) is 5.79 Å². The Morgan fingerprint density at radius 2 is 2.23 bits per heavy atom. The van der Waals surface area contributed by atoms with E-state index in [2.05, 4.69) is 0 Å². The highest BCUT2D eigenvalue weighted by molar-refractivity contribution is 4.99. The Hall–Kier alpha value is -0.380. The summed E-state index contributed by atoms with van der Waals surface area (Å²) >= 11 is 0. The molecule has 0 aromatic heterocycles. The highest BCUT2D eigenvalue weighted by atomic mass is 16.8. The van der Waals surface area contributed by atoms with Crippen LogP contribution in [0.15, 0.2) is 12.2 Å². The fourth-order valence-corrected chi connectivity index (χ4v) is 1.32. The molecule has 3 atom stereocenters. The molecule has 0 aromatic carbocycles. The van der Waals surface area contributed by atoms with E-state index < -0.39 is 0 Å². The summed E-state index contributed by atoms with van der Waals surface area (Å²) in [6.45, 7) is 3.76. The summed E-state index contributed by atoms with van der Waals surface area (Å²) in [6, 6.07) is 0. The first-order chi connectivity index (χ1) is 6.10. The lowest BCUT2D eigenvalue weighted by Gasteiger charge is -2.06. The quantitative estimate of drug-likeness (QED) is 0.522. The van der Waals surface area contributed by atoms with Crippen LogP contribution in [0.4, 0.5) is 0 Å². The maximum atomic E-state index is 8.99. The van der Waals surface area contributed by atoms with Gasteiger partial charge in [0.25, 0.3) is 0 Å². The van der Waals surface area contributed by atoms with Crippen LogP contribution >= 0.6 is 0 Å². The monoisotopic (exact) mass is 186 g/mol. The average molecular weight is 186 g/mol. The third-order valence-electron chi connectivity index (χ3n) is 2.33. The lowest BCUT2D eigenvalue weighted by molar-refractivity contribution is -0.00736.